The van der Waals surface area contributed by atoms with Crippen LogP contribution in [0, 0.1) is 0 Å². The number of nitrogens with zero attached hydrogens (tertiary/aromatic N) is 3. The smallest absolute Gasteiger partial charge is 0.0645 e. The lowest BCUT2D eigenvalue weighted by Crippen LogP contribution is -2.16. The number of para-hydroxylation sites is 3. The molecule has 3 nitrogen and oxygen atoms in total. The van der Waals surface area contributed by atoms with Gasteiger partial charge in [0.05, 0.1) is 27.9 Å². The van der Waals surface area contributed by atoms with E-state index in [2.05, 4.69) is 169 Å². The van der Waals surface area contributed by atoms with Crippen LogP contribution in [-0.4, -0.2) is 4.57 Å². The molecule has 1 aliphatic carbocycles. The number of rotatable bonds is 8. The van der Waals surface area contributed by atoms with Crippen LogP contribution in [0.25, 0.3) is 71.3 Å². The van der Waals surface area contributed by atoms with Gasteiger partial charge >= 0.3 is 0 Å². The third kappa shape index (κ3) is 6.27. The normalized spacial score (nSPS) is 13.5. The molecule has 13 rings (SSSR count). The maximum Gasteiger partial charge on any atom is 0.0645 e. The number of hydrogen-bond acceptors (Lipinski definition) is 2. The Balaban J connectivity index is 0.996. The van der Waals surface area contributed by atoms with Gasteiger partial charge in [-0.1, -0.05) is 184 Å². The van der Waals surface area contributed by atoms with E-state index < -0.39 is 0 Å². The molecule has 0 fully saturated rings. The van der Waals surface area contributed by atoms with Gasteiger partial charge in [-0.25, -0.2) is 0 Å². The SMILES string of the molecule is [2H]c1c([2H])c(N(c2ccccc2)c2ccc3c4ccccc4n(-c4ccccc4)c3c2)c([2H])c([2H])c1-c1cccc2c(N(c3ccc4c(c3)C(C)(C)c3ccccc3-4)c3cccc4ccccc34)cccc12. The van der Waals surface area contributed by atoms with Crippen molar-refractivity contribution >= 4 is 77.5 Å². The summed E-state index contributed by atoms with van der Waals surface area (Å²) in [5.41, 5.74) is 13.4. The number of benzene rings is 11. The van der Waals surface area contributed by atoms with E-state index in [9.17, 15) is 5.48 Å². The van der Waals surface area contributed by atoms with E-state index in [0.717, 1.165) is 71.8 Å². The first kappa shape index (κ1) is 35.6. The first-order valence-electron chi connectivity index (χ1n) is 25.3. The predicted octanol–water partition coefficient (Wildman–Crippen LogP) is 18.0. The van der Waals surface area contributed by atoms with Crippen LogP contribution >= 0.6 is 0 Å². The summed E-state index contributed by atoms with van der Waals surface area (Å²) in [5.74, 6) is 0. The van der Waals surface area contributed by atoms with Crippen molar-refractivity contribution in [2.45, 2.75) is 19.3 Å². The van der Waals surface area contributed by atoms with Gasteiger partial charge in [-0.3, -0.25) is 0 Å². The lowest BCUT2D eigenvalue weighted by Gasteiger charge is -2.30. The van der Waals surface area contributed by atoms with Gasteiger partial charge in [0.25, 0.3) is 0 Å². The Kier molecular flexibility index (Phi) is 8.24. The van der Waals surface area contributed by atoms with Gasteiger partial charge in [-0.2, -0.15) is 0 Å². The lowest BCUT2D eigenvalue weighted by molar-refractivity contribution is 0.660. The summed E-state index contributed by atoms with van der Waals surface area (Å²) in [6.07, 6.45) is 0. The van der Waals surface area contributed by atoms with Crippen LogP contribution in [0.2, 0.25) is 0 Å². The van der Waals surface area contributed by atoms with Crippen LogP contribution in [-0.2, 0) is 5.41 Å². The molecule has 0 saturated heterocycles. The van der Waals surface area contributed by atoms with E-state index >= 15 is 0 Å². The quantitative estimate of drug-likeness (QED) is 0.151. The number of aromatic nitrogens is 1. The van der Waals surface area contributed by atoms with E-state index in [1.165, 1.54) is 22.3 Å². The molecule has 1 aliphatic rings. The minimum atomic E-state index is -0.216. The molecule has 0 atom stereocenters. The summed E-state index contributed by atoms with van der Waals surface area (Å²) in [7, 11) is 0. The second kappa shape index (κ2) is 15.8. The molecule has 0 N–H and O–H groups in total. The molecule has 0 unspecified atom stereocenters. The largest absolute Gasteiger partial charge is 0.310 e. The molecule has 0 saturated carbocycles. The van der Waals surface area contributed by atoms with Gasteiger partial charge < -0.3 is 14.4 Å². The highest BCUT2D eigenvalue weighted by Crippen LogP contribution is 2.52. The lowest BCUT2D eigenvalue weighted by atomic mass is 9.82. The summed E-state index contributed by atoms with van der Waals surface area (Å²) < 4.78 is 41.8. The standard InChI is InChI=1S/C65H47N3/c1-65(2)59-30-13-11-25-54(59)55-40-38-49(42-60(55)65)68(61-32-15-19-44-18-9-10-24-52(44)61)63-33-17-28-53-51(27-16-29-56(53)63)45-34-36-48(37-35-45)66(46-20-5-3-6-21-46)50-39-41-58-57-26-12-14-31-62(57)67(64(58)43-50)47-22-7-4-8-23-47/h3-43H,1-2H3/i34D,35D,36D,37D. The minimum Gasteiger partial charge on any atom is -0.310 e. The Hall–Kier alpha value is -8.66. The Morgan fingerprint density at radius 2 is 0.941 bits per heavy atom. The molecule has 322 valence electrons. The van der Waals surface area contributed by atoms with Crippen molar-refractivity contribution in [2.24, 2.45) is 0 Å². The maximum atomic E-state index is 9.89. The van der Waals surface area contributed by atoms with Gasteiger partial charge in [0, 0.05) is 55.4 Å². The van der Waals surface area contributed by atoms with Crippen molar-refractivity contribution in [3.05, 3.63) is 260 Å². The highest BCUT2D eigenvalue weighted by molar-refractivity contribution is 6.11. The molecular weight excluding hydrogens is 823 g/mol. The van der Waals surface area contributed by atoms with E-state index in [-0.39, 0.29) is 40.8 Å². The van der Waals surface area contributed by atoms with Gasteiger partial charge in [-0.05, 0) is 123 Å². The van der Waals surface area contributed by atoms with Gasteiger partial charge in [0.15, 0.2) is 0 Å². The Labute approximate surface area is 402 Å². The average Bonchev–Trinajstić information content (AvgIpc) is 3.87. The second-order valence-electron chi connectivity index (χ2n) is 18.2. The van der Waals surface area contributed by atoms with Crippen LogP contribution in [0.3, 0.4) is 0 Å². The van der Waals surface area contributed by atoms with Crippen LogP contribution in [0.1, 0.15) is 30.5 Å². The molecule has 11 aromatic carbocycles. The average molecular weight is 874 g/mol. The molecule has 0 amide bonds. The van der Waals surface area contributed by atoms with Crippen molar-refractivity contribution in [1.29, 1.82) is 0 Å². The van der Waals surface area contributed by atoms with Gasteiger partial charge in [0.1, 0.15) is 0 Å². The summed E-state index contributed by atoms with van der Waals surface area (Å²) in [6, 6.07) is 76.8. The van der Waals surface area contributed by atoms with Crippen molar-refractivity contribution in [2.75, 3.05) is 9.80 Å². The monoisotopic (exact) mass is 873 g/mol. The van der Waals surface area contributed by atoms with Gasteiger partial charge in [0.2, 0.25) is 0 Å². The maximum absolute atomic E-state index is 9.89. The fourth-order valence-electron chi connectivity index (χ4n) is 10.8. The molecule has 0 aliphatic heterocycles. The van der Waals surface area contributed by atoms with Crippen LogP contribution in [0.5, 0.6) is 0 Å². The van der Waals surface area contributed by atoms with E-state index in [1.54, 1.807) is 0 Å². The Bertz CT molecular complexity index is 4110. The Morgan fingerprint density at radius 1 is 0.368 bits per heavy atom. The third-order valence-corrected chi connectivity index (χ3v) is 14.0. The van der Waals surface area contributed by atoms with Crippen LogP contribution in [0.4, 0.5) is 34.1 Å². The van der Waals surface area contributed by atoms with E-state index in [4.69, 9.17) is 0 Å². The highest BCUT2D eigenvalue weighted by atomic mass is 15.2. The molecule has 3 heteroatoms. The minimum absolute atomic E-state index is 0.115. The fraction of sp³-hybridized carbons (Fsp3) is 0.0462. The summed E-state index contributed by atoms with van der Waals surface area (Å²) in [5, 5.41) is 6.16. The Morgan fingerprint density at radius 3 is 1.78 bits per heavy atom. The second-order valence-corrected chi connectivity index (χ2v) is 18.2. The molecule has 1 aromatic heterocycles. The van der Waals surface area contributed by atoms with E-state index in [0.29, 0.717) is 11.3 Å². The fourth-order valence-corrected chi connectivity index (χ4v) is 10.8. The summed E-state index contributed by atoms with van der Waals surface area (Å²) >= 11 is 0. The van der Waals surface area contributed by atoms with Crippen molar-refractivity contribution in [3.63, 3.8) is 0 Å². The number of anilines is 6. The third-order valence-electron chi connectivity index (χ3n) is 14.0. The molecule has 1 heterocycles. The molecule has 68 heavy (non-hydrogen) atoms. The zero-order valence-electron chi connectivity index (χ0n) is 41.7. The number of hydrogen-bond donors (Lipinski definition) is 0. The van der Waals surface area contributed by atoms with Crippen molar-refractivity contribution < 1.29 is 5.48 Å². The van der Waals surface area contributed by atoms with Crippen molar-refractivity contribution in [1.82, 2.24) is 4.57 Å². The van der Waals surface area contributed by atoms with Gasteiger partial charge in [-0.15, -0.1) is 0 Å². The summed E-state index contributed by atoms with van der Waals surface area (Å²) in [4.78, 5) is 4.22. The zero-order valence-corrected chi connectivity index (χ0v) is 37.7. The topological polar surface area (TPSA) is 11.4 Å². The summed E-state index contributed by atoms with van der Waals surface area (Å²) in [6.45, 7) is 4.61. The zero-order chi connectivity index (χ0) is 48.8. The molecule has 12 aromatic rings. The van der Waals surface area contributed by atoms with Crippen LogP contribution in [0.15, 0.2) is 249 Å². The number of fused-ring (bicyclic) bond motifs is 8. The predicted molar refractivity (Wildman–Crippen MR) is 288 cm³/mol. The van der Waals surface area contributed by atoms with Crippen molar-refractivity contribution in [3.8, 4) is 27.9 Å². The molecule has 0 bridgehead atoms. The molecular formula is C65H47N3. The van der Waals surface area contributed by atoms with E-state index in [1.807, 2.05) is 83.8 Å². The molecule has 0 radical (unpaired) electrons. The van der Waals surface area contributed by atoms with Crippen LogP contribution < -0.4 is 9.80 Å². The highest BCUT2D eigenvalue weighted by Gasteiger charge is 2.36. The first-order valence-corrected chi connectivity index (χ1v) is 23.3. The molecule has 0 spiro atoms. The first-order chi connectivity index (χ1) is 35.2.